The number of amides is 1. The maximum absolute atomic E-state index is 12.6. The quantitative estimate of drug-likeness (QED) is 0.609. The van der Waals surface area contributed by atoms with Gasteiger partial charge in [-0.3, -0.25) is 9.59 Å². The summed E-state index contributed by atoms with van der Waals surface area (Å²) in [4.78, 5) is 29.8. The Morgan fingerprint density at radius 1 is 1.23 bits per heavy atom. The number of benzene rings is 1. The molecule has 1 unspecified atom stereocenters. The number of aromatic nitrogens is 1. The standard InChI is InChI=1S/C18H15ClN2O3S2/c1-24-16(22)9-13(11-5-2-3-6-12(11)19)20-17(23)14-10-26-18(21-14)15-7-4-8-25-15/h2-8,10,13H,9H2,1H3,(H,20,23). The van der Waals surface area contributed by atoms with Gasteiger partial charge in [0.25, 0.3) is 5.91 Å². The van der Waals surface area contributed by atoms with Gasteiger partial charge in [-0.1, -0.05) is 35.9 Å². The first-order valence-electron chi connectivity index (χ1n) is 7.70. The first kappa shape index (κ1) is 18.6. The molecule has 1 aromatic carbocycles. The Bertz CT molecular complexity index is 909. The number of ether oxygens (including phenoxy) is 1. The van der Waals surface area contributed by atoms with Crippen LogP contribution in [0, 0.1) is 0 Å². The first-order valence-corrected chi connectivity index (χ1v) is 9.83. The number of carbonyl (C=O) groups excluding carboxylic acids is 2. The van der Waals surface area contributed by atoms with Crippen molar-refractivity contribution in [3.05, 3.63) is 63.4 Å². The number of thiophene rings is 1. The van der Waals surface area contributed by atoms with Gasteiger partial charge in [0.05, 0.1) is 24.4 Å². The van der Waals surface area contributed by atoms with Crippen molar-refractivity contribution in [2.24, 2.45) is 0 Å². The number of hydrogen-bond acceptors (Lipinski definition) is 6. The molecular formula is C18H15ClN2O3S2. The molecule has 0 aliphatic carbocycles. The molecule has 1 atom stereocenters. The van der Waals surface area contributed by atoms with Crippen molar-refractivity contribution in [2.45, 2.75) is 12.5 Å². The van der Waals surface area contributed by atoms with Gasteiger partial charge >= 0.3 is 5.97 Å². The molecule has 1 N–H and O–H groups in total. The summed E-state index contributed by atoms with van der Waals surface area (Å²) in [6.07, 6.45) is -0.0199. The average Bonchev–Trinajstić information content (AvgIpc) is 3.32. The van der Waals surface area contributed by atoms with Crippen LogP contribution in [0.1, 0.15) is 28.5 Å². The molecule has 8 heteroatoms. The summed E-state index contributed by atoms with van der Waals surface area (Å²) in [6.45, 7) is 0. The lowest BCUT2D eigenvalue weighted by molar-refractivity contribution is -0.141. The van der Waals surface area contributed by atoms with E-state index in [2.05, 4.69) is 10.3 Å². The molecule has 26 heavy (non-hydrogen) atoms. The molecule has 134 valence electrons. The SMILES string of the molecule is COC(=O)CC(NC(=O)c1csc(-c2cccs2)n1)c1ccccc1Cl. The van der Waals surface area contributed by atoms with Crippen LogP contribution in [0.3, 0.4) is 0 Å². The summed E-state index contributed by atoms with van der Waals surface area (Å²) < 4.78 is 4.74. The Morgan fingerprint density at radius 2 is 2.04 bits per heavy atom. The van der Waals surface area contributed by atoms with Crippen LogP contribution in [0.4, 0.5) is 0 Å². The molecule has 0 spiro atoms. The van der Waals surface area contributed by atoms with Crippen LogP contribution < -0.4 is 5.32 Å². The predicted molar refractivity (Wildman–Crippen MR) is 104 cm³/mol. The zero-order valence-corrected chi connectivity index (χ0v) is 16.2. The van der Waals surface area contributed by atoms with E-state index in [0.717, 1.165) is 9.88 Å². The Kier molecular flexibility index (Phi) is 6.03. The number of halogens is 1. The molecule has 3 aromatic rings. The third kappa shape index (κ3) is 4.30. The van der Waals surface area contributed by atoms with Crippen LogP contribution in [-0.4, -0.2) is 24.0 Å². The Labute approximate surface area is 163 Å². The Hall–Kier alpha value is -2.22. The van der Waals surface area contributed by atoms with Crippen molar-refractivity contribution in [2.75, 3.05) is 7.11 Å². The van der Waals surface area contributed by atoms with Gasteiger partial charge in [-0.2, -0.15) is 0 Å². The van der Waals surface area contributed by atoms with E-state index < -0.39 is 12.0 Å². The van der Waals surface area contributed by atoms with Crippen LogP contribution in [0.5, 0.6) is 0 Å². The van der Waals surface area contributed by atoms with E-state index in [4.69, 9.17) is 16.3 Å². The maximum Gasteiger partial charge on any atom is 0.307 e. The predicted octanol–water partition coefficient (Wildman–Crippen LogP) is 4.56. The van der Waals surface area contributed by atoms with Gasteiger partial charge in [0, 0.05) is 10.4 Å². The second-order valence-electron chi connectivity index (χ2n) is 5.34. The highest BCUT2D eigenvalue weighted by Crippen LogP contribution is 2.29. The molecule has 3 rings (SSSR count). The molecule has 2 aromatic heterocycles. The zero-order valence-electron chi connectivity index (χ0n) is 13.8. The van der Waals surface area contributed by atoms with E-state index in [1.54, 1.807) is 41.0 Å². The van der Waals surface area contributed by atoms with E-state index in [9.17, 15) is 9.59 Å². The summed E-state index contributed by atoms with van der Waals surface area (Å²) in [5, 5.41) is 7.75. The van der Waals surface area contributed by atoms with Crippen molar-refractivity contribution < 1.29 is 14.3 Å². The topological polar surface area (TPSA) is 68.3 Å². The van der Waals surface area contributed by atoms with Gasteiger partial charge < -0.3 is 10.1 Å². The molecule has 2 heterocycles. The van der Waals surface area contributed by atoms with Gasteiger partial charge in [-0.05, 0) is 23.1 Å². The number of esters is 1. The summed E-state index contributed by atoms with van der Waals surface area (Å²) >= 11 is 9.19. The molecule has 0 aliphatic heterocycles. The smallest absolute Gasteiger partial charge is 0.307 e. The second-order valence-corrected chi connectivity index (χ2v) is 7.56. The second kappa shape index (κ2) is 8.44. The fourth-order valence-electron chi connectivity index (χ4n) is 2.37. The van der Waals surface area contributed by atoms with Crippen LogP contribution >= 0.6 is 34.3 Å². The Balaban J connectivity index is 1.81. The molecule has 1 amide bonds. The zero-order chi connectivity index (χ0) is 18.5. The molecule has 0 fully saturated rings. The van der Waals surface area contributed by atoms with Gasteiger partial charge in [0.2, 0.25) is 0 Å². The monoisotopic (exact) mass is 406 g/mol. The lowest BCUT2D eigenvalue weighted by atomic mass is 10.0. The van der Waals surface area contributed by atoms with Crippen LogP contribution in [0.2, 0.25) is 5.02 Å². The van der Waals surface area contributed by atoms with Crippen molar-refractivity contribution in [3.8, 4) is 9.88 Å². The highest BCUT2D eigenvalue weighted by Gasteiger charge is 2.23. The van der Waals surface area contributed by atoms with Gasteiger partial charge in [0.15, 0.2) is 0 Å². The molecule has 0 bridgehead atoms. The number of hydrogen-bond donors (Lipinski definition) is 1. The summed E-state index contributed by atoms with van der Waals surface area (Å²) in [5.74, 6) is -0.800. The van der Waals surface area contributed by atoms with Gasteiger partial charge in [0.1, 0.15) is 10.7 Å². The summed E-state index contributed by atoms with van der Waals surface area (Å²) in [5.41, 5.74) is 0.960. The number of thiazole rings is 1. The number of carbonyl (C=O) groups is 2. The Morgan fingerprint density at radius 3 is 2.73 bits per heavy atom. The van der Waals surface area contributed by atoms with Crippen LogP contribution in [0.25, 0.3) is 9.88 Å². The normalized spacial score (nSPS) is 11.8. The first-order chi connectivity index (χ1) is 12.6. The number of nitrogens with one attached hydrogen (secondary N) is 1. The molecule has 5 nitrogen and oxygen atoms in total. The fourth-order valence-corrected chi connectivity index (χ4v) is 4.25. The highest BCUT2D eigenvalue weighted by molar-refractivity contribution is 7.20. The van der Waals surface area contributed by atoms with Crippen LogP contribution in [-0.2, 0) is 9.53 Å². The average molecular weight is 407 g/mol. The fraction of sp³-hybridized carbons (Fsp3) is 0.167. The minimum absolute atomic E-state index is 0.0199. The van der Waals surface area contributed by atoms with E-state index in [1.807, 2.05) is 17.5 Å². The van der Waals surface area contributed by atoms with E-state index in [-0.39, 0.29) is 12.3 Å². The van der Waals surface area contributed by atoms with Crippen molar-refractivity contribution in [1.82, 2.24) is 10.3 Å². The lowest BCUT2D eigenvalue weighted by Crippen LogP contribution is -2.31. The largest absolute Gasteiger partial charge is 0.469 e. The number of methoxy groups -OCH3 is 1. The van der Waals surface area contributed by atoms with Crippen molar-refractivity contribution in [3.63, 3.8) is 0 Å². The van der Waals surface area contributed by atoms with Gasteiger partial charge in [-0.15, -0.1) is 22.7 Å². The summed E-state index contributed by atoms with van der Waals surface area (Å²) in [7, 11) is 1.31. The molecular weight excluding hydrogens is 392 g/mol. The lowest BCUT2D eigenvalue weighted by Gasteiger charge is -2.18. The molecule has 0 radical (unpaired) electrons. The number of rotatable bonds is 6. The van der Waals surface area contributed by atoms with E-state index in [0.29, 0.717) is 16.3 Å². The molecule has 0 aliphatic rings. The van der Waals surface area contributed by atoms with Gasteiger partial charge in [-0.25, -0.2) is 4.98 Å². The number of nitrogens with zero attached hydrogens (tertiary/aromatic N) is 1. The van der Waals surface area contributed by atoms with Crippen LogP contribution in [0.15, 0.2) is 47.2 Å². The highest BCUT2D eigenvalue weighted by atomic mass is 35.5. The van der Waals surface area contributed by atoms with Crippen molar-refractivity contribution in [1.29, 1.82) is 0 Å². The molecule has 0 saturated carbocycles. The minimum atomic E-state index is -0.601. The third-order valence-electron chi connectivity index (χ3n) is 3.65. The van der Waals surface area contributed by atoms with Crippen molar-refractivity contribution >= 4 is 46.2 Å². The van der Waals surface area contributed by atoms with E-state index >= 15 is 0 Å². The summed E-state index contributed by atoms with van der Waals surface area (Å²) in [6, 6.07) is 10.4. The van der Waals surface area contributed by atoms with E-state index in [1.165, 1.54) is 18.4 Å². The third-order valence-corrected chi connectivity index (χ3v) is 5.88. The molecule has 0 saturated heterocycles. The minimum Gasteiger partial charge on any atom is -0.469 e. The maximum atomic E-state index is 12.6.